The molecular formula is C13H25ClN2O2. The van der Waals surface area contributed by atoms with Gasteiger partial charge in [-0.1, -0.05) is 0 Å². The molecule has 1 heterocycles. The largest absolute Gasteiger partial charge is 0.384 e. The van der Waals surface area contributed by atoms with E-state index in [2.05, 4.69) is 0 Å². The summed E-state index contributed by atoms with van der Waals surface area (Å²) in [5.74, 6) is 1.04. The Balaban J connectivity index is 0.00000162. The first kappa shape index (κ1) is 15.7. The van der Waals surface area contributed by atoms with Gasteiger partial charge in [0.15, 0.2) is 0 Å². The van der Waals surface area contributed by atoms with Gasteiger partial charge in [0, 0.05) is 32.2 Å². The molecule has 2 N–H and O–H groups in total. The summed E-state index contributed by atoms with van der Waals surface area (Å²) in [6.45, 7) is 2.57. The first-order chi connectivity index (χ1) is 8.20. The molecule has 3 unspecified atom stereocenters. The monoisotopic (exact) mass is 276 g/mol. The molecule has 0 aromatic carbocycles. The van der Waals surface area contributed by atoms with Crippen LogP contribution in [0.3, 0.4) is 0 Å². The number of nitrogens with two attached hydrogens (primary N) is 1. The summed E-state index contributed by atoms with van der Waals surface area (Å²) in [5.41, 5.74) is 5.88. The van der Waals surface area contributed by atoms with E-state index < -0.39 is 0 Å². The maximum Gasteiger partial charge on any atom is 0.225 e. The Kier molecular flexibility index (Phi) is 6.39. The van der Waals surface area contributed by atoms with Gasteiger partial charge in [0.05, 0.1) is 6.61 Å². The van der Waals surface area contributed by atoms with Gasteiger partial charge in [0.25, 0.3) is 0 Å². The third kappa shape index (κ3) is 3.84. The highest BCUT2D eigenvalue weighted by molar-refractivity contribution is 5.85. The second kappa shape index (κ2) is 7.31. The highest BCUT2D eigenvalue weighted by Gasteiger charge is 2.33. The molecule has 18 heavy (non-hydrogen) atoms. The van der Waals surface area contributed by atoms with Crippen molar-refractivity contribution in [2.45, 2.75) is 38.1 Å². The third-order valence-electron chi connectivity index (χ3n) is 4.06. The van der Waals surface area contributed by atoms with Crippen LogP contribution in [0.15, 0.2) is 0 Å². The average molecular weight is 277 g/mol. The van der Waals surface area contributed by atoms with E-state index in [-0.39, 0.29) is 24.4 Å². The van der Waals surface area contributed by atoms with E-state index in [0.29, 0.717) is 11.8 Å². The van der Waals surface area contributed by atoms with Crippen LogP contribution < -0.4 is 5.73 Å². The summed E-state index contributed by atoms with van der Waals surface area (Å²) in [6, 6.07) is 0.239. The number of nitrogens with zero attached hydrogens (tertiary/aromatic N) is 1. The summed E-state index contributed by atoms with van der Waals surface area (Å²) < 4.78 is 5.19. The molecule has 2 rings (SSSR count). The number of hydrogen-bond donors (Lipinski definition) is 1. The van der Waals surface area contributed by atoms with Gasteiger partial charge in [-0.25, -0.2) is 0 Å². The van der Waals surface area contributed by atoms with Crippen LogP contribution in [0, 0.1) is 11.8 Å². The molecule has 5 heteroatoms. The quantitative estimate of drug-likeness (QED) is 0.848. The van der Waals surface area contributed by atoms with E-state index in [4.69, 9.17) is 10.5 Å². The molecular weight excluding hydrogens is 252 g/mol. The zero-order chi connectivity index (χ0) is 12.3. The second-order valence-corrected chi connectivity index (χ2v) is 5.52. The Morgan fingerprint density at radius 3 is 2.78 bits per heavy atom. The van der Waals surface area contributed by atoms with Crippen molar-refractivity contribution in [3.05, 3.63) is 0 Å². The van der Waals surface area contributed by atoms with Gasteiger partial charge in [-0.05, 0) is 38.0 Å². The van der Waals surface area contributed by atoms with E-state index in [1.165, 1.54) is 6.42 Å². The molecule has 3 atom stereocenters. The van der Waals surface area contributed by atoms with Crippen LogP contribution in [0.2, 0.25) is 0 Å². The predicted molar refractivity (Wildman–Crippen MR) is 73.7 cm³/mol. The maximum atomic E-state index is 12.3. The van der Waals surface area contributed by atoms with Crippen molar-refractivity contribution in [2.24, 2.45) is 17.6 Å². The molecule has 0 radical (unpaired) electrons. The van der Waals surface area contributed by atoms with Crippen LogP contribution in [-0.2, 0) is 9.53 Å². The number of carbonyl (C=O) groups excluding carboxylic acids is 1. The SMILES string of the molecule is COCC1CCCN(C(=O)C2CCC(N)C2)C1.Cl. The molecule has 1 saturated carbocycles. The number of piperidine rings is 1. The summed E-state index contributed by atoms with van der Waals surface area (Å²) in [4.78, 5) is 14.4. The molecule has 0 aromatic heterocycles. The number of ether oxygens (including phenoxy) is 1. The Hall–Kier alpha value is -0.320. The minimum absolute atomic E-state index is 0. The van der Waals surface area contributed by atoms with Crippen LogP contribution in [0.25, 0.3) is 0 Å². The first-order valence-electron chi connectivity index (χ1n) is 6.74. The van der Waals surface area contributed by atoms with Crippen molar-refractivity contribution < 1.29 is 9.53 Å². The average Bonchev–Trinajstić information content (AvgIpc) is 2.76. The minimum atomic E-state index is 0. The maximum absolute atomic E-state index is 12.3. The lowest BCUT2D eigenvalue weighted by Gasteiger charge is -2.34. The molecule has 1 aliphatic heterocycles. The fraction of sp³-hybridized carbons (Fsp3) is 0.923. The van der Waals surface area contributed by atoms with Crippen molar-refractivity contribution in [3.8, 4) is 0 Å². The highest BCUT2D eigenvalue weighted by Crippen LogP contribution is 2.28. The van der Waals surface area contributed by atoms with Gasteiger partial charge < -0.3 is 15.4 Å². The fourth-order valence-electron chi connectivity index (χ4n) is 3.14. The van der Waals surface area contributed by atoms with E-state index in [1.54, 1.807) is 7.11 Å². The van der Waals surface area contributed by atoms with Crippen LogP contribution in [0.1, 0.15) is 32.1 Å². The Bertz CT molecular complexity index is 274. The van der Waals surface area contributed by atoms with E-state index in [1.807, 2.05) is 4.90 Å². The van der Waals surface area contributed by atoms with E-state index >= 15 is 0 Å². The van der Waals surface area contributed by atoms with Crippen LogP contribution in [0.4, 0.5) is 0 Å². The van der Waals surface area contributed by atoms with Crippen molar-refractivity contribution in [1.29, 1.82) is 0 Å². The number of hydrogen-bond acceptors (Lipinski definition) is 3. The van der Waals surface area contributed by atoms with Gasteiger partial charge in [0.1, 0.15) is 0 Å². The van der Waals surface area contributed by atoms with Crippen molar-refractivity contribution in [1.82, 2.24) is 4.90 Å². The van der Waals surface area contributed by atoms with Gasteiger partial charge in [-0.2, -0.15) is 0 Å². The smallest absolute Gasteiger partial charge is 0.225 e. The summed E-state index contributed by atoms with van der Waals surface area (Å²) in [7, 11) is 1.73. The fourth-order valence-corrected chi connectivity index (χ4v) is 3.14. The number of halogens is 1. The number of rotatable bonds is 3. The molecule has 0 bridgehead atoms. The van der Waals surface area contributed by atoms with Gasteiger partial charge >= 0.3 is 0 Å². The molecule has 1 saturated heterocycles. The lowest BCUT2D eigenvalue weighted by molar-refractivity contribution is -0.137. The normalized spacial score (nSPS) is 32.1. The van der Waals surface area contributed by atoms with Gasteiger partial charge in [-0.3, -0.25) is 4.79 Å². The second-order valence-electron chi connectivity index (χ2n) is 5.52. The standard InChI is InChI=1S/C13H24N2O2.ClH/c1-17-9-10-3-2-6-15(8-10)13(16)11-4-5-12(14)7-11;/h10-12H,2-9,14H2,1H3;1H. The molecule has 0 aromatic rings. The van der Waals surface area contributed by atoms with Crippen molar-refractivity contribution in [3.63, 3.8) is 0 Å². The van der Waals surface area contributed by atoms with Crippen LogP contribution in [0.5, 0.6) is 0 Å². The van der Waals surface area contributed by atoms with Crippen LogP contribution in [-0.4, -0.2) is 43.7 Å². The molecule has 1 aliphatic carbocycles. The Morgan fingerprint density at radius 2 is 2.17 bits per heavy atom. The van der Waals surface area contributed by atoms with Gasteiger partial charge in [-0.15, -0.1) is 12.4 Å². The van der Waals surface area contributed by atoms with E-state index in [9.17, 15) is 4.79 Å². The third-order valence-corrected chi connectivity index (χ3v) is 4.06. The number of amides is 1. The lowest BCUT2D eigenvalue weighted by atomic mass is 9.96. The van der Waals surface area contributed by atoms with Crippen molar-refractivity contribution in [2.75, 3.05) is 26.8 Å². The molecule has 0 spiro atoms. The topological polar surface area (TPSA) is 55.6 Å². The summed E-state index contributed by atoms with van der Waals surface area (Å²) in [6.07, 6.45) is 5.15. The molecule has 4 nitrogen and oxygen atoms in total. The highest BCUT2D eigenvalue weighted by atomic mass is 35.5. The summed E-state index contributed by atoms with van der Waals surface area (Å²) >= 11 is 0. The molecule has 2 fully saturated rings. The number of methoxy groups -OCH3 is 1. The summed E-state index contributed by atoms with van der Waals surface area (Å²) in [5, 5.41) is 0. The number of likely N-dealkylation sites (tertiary alicyclic amines) is 1. The zero-order valence-electron chi connectivity index (χ0n) is 11.1. The Labute approximate surface area is 116 Å². The molecule has 106 valence electrons. The molecule has 1 amide bonds. The predicted octanol–water partition coefficient (Wildman–Crippen LogP) is 1.42. The zero-order valence-corrected chi connectivity index (χ0v) is 12.0. The van der Waals surface area contributed by atoms with E-state index in [0.717, 1.165) is 45.4 Å². The Morgan fingerprint density at radius 1 is 1.39 bits per heavy atom. The minimum Gasteiger partial charge on any atom is -0.384 e. The van der Waals surface area contributed by atoms with Crippen molar-refractivity contribution >= 4 is 18.3 Å². The number of carbonyl (C=O) groups is 1. The van der Waals surface area contributed by atoms with Gasteiger partial charge in [0.2, 0.25) is 5.91 Å². The van der Waals surface area contributed by atoms with Crippen LogP contribution >= 0.6 is 12.4 Å². The lowest BCUT2D eigenvalue weighted by Crippen LogP contribution is -2.43. The first-order valence-corrected chi connectivity index (χ1v) is 6.74. The molecule has 2 aliphatic rings.